The lowest BCUT2D eigenvalue weighted by Gasteiger charge is -2.27. The van der Waals surface area contributed by atoms with Crippen molar-refractivity contribution in [2.45, 2.75) is 9.79 Å². The minimum absolute atomic E-state index is 0.535. The van der Waals surface area contributed by atoms with Crippen LogP contribution in [0.1, 0.15) is 0 Å². The molecular formula is C18H10Br2ClO3PS2. The zero-order valence-electron chi connectivity index (χ0n) is 13.4. The van der Waals surface area contributed by atoms with Gasteiger partial charge in [0.1, 0.15) is 17.2 Å². The normalized spacial score (nSPS) is 14.6. The molecular weight excluding hydrogens is 555 g/mol. The Morgan fingerprint density at radius 1 is 0.852 bits per heavy atom. The van der Waals surface area contributed by atoms with Gasteiger partial charge in [-0.2, -0.15) is 0 Å². The van der Waals surface area contributed by atoms with Gasteiger partial charge < -0.3 is 13.6 Å². The van der Waals surface area contributed by atoms with E-state index in [1.54, 1.807) is 36.0 Å². The molecule has 1 aliphatic heterocycles. The Morgan fingerprint density at radius 2 is 1.37 bits per heavy atom. The molecule has 3 aromatic rings. The Labute approximate surface area is 187 Å². The molecule has 0 saturated heterocycles. The molecule has 4 rings (SSSR count). The van der Waals surface area contributed by atoms with Gasteiger partial charge in [0, 0.05) is 25.8 Å². The minimum atomic E-state index is -3.17. The van der Waals surface area contributed by atoms with Crippen molar-refractivity contribution in [3.63, 3.8) is 0 Å². The lowest BCUT2D eigenvalue weighted by molar-refractivity contribution is 0.375. The topological polar surface area (TPSA) is 27.7 Å². The maximum Gasteiger partial charge on any atom is 0.490 e. The first-order valence-electron chi connectivity index (χ1n) is 7.62. The van der Waals surface area contributed by atoms with Crippen LogP contribution in [0.15, 0.2) is 79.4 Å². The number of fused-ring (bicyclic) bond motifs is 2. The number of benzene rings is 3. The molecule has 0 atom stereocenters. The fraction of sp³-hybridized carbons (Fsp3) is 0. The predicted octanol–water partition coefficient (Wildman–Crippen LogP) is 8.09. The van der Waals surface area contributed by atoms with Gasteiger partial charge in [0.05, 0.1) is 9.79 Å². The third kappa shape index (κ3) is 4.66. The molecule has 0 radical (unpaired) electrons. The summed E-state index contributed by atoms with van der Waals surface area (Å²) in [6, 6.07) is 18.4. The Kier molecular flexibility index (Phi) is 5.79. The molecule has 0 spiro atoms. The molecule has 0 aliphatic carbocycles. The van der Waals surface area contributed by atoms with Crippen LogP contribution < -0.4 is 13.6 Å². The summed E-state index contributed by atoms with van der Waals surface area (Å²) in [7, 11) is 0. The molecule has 3 nitrogen and oxygen atoms in total. The van der Waals surface area contributed by atoms with E-state index < -0.39 is 6.72 Å². The summed E-state index contributed by atoms with van der Waals surface area (Å²) in [4.78, 5) is 1.84. The van der Waals surface area contributed by atoms with Crippen molar-refractivity contribution in [1.82, 2.24) is 0 Å². The number of hydrogen-bond donors (Lipinski definition) is 0. The van der Waals surface area contributed by atoms with Crippen LogP contribution in [0.2, 0.25) is 5.02 Å². The predicted molar refractivity (Wildman–Crippen MR) is 120 cm³/mol. The van der Waals surface area contributed by atoms with Crippen LogP contribution in [0.5, 0.6) is 17.2 Å². The van der Waals surface area contributed by atoms with Gasteiger partial charge in [0.25, 0.3) is 0 Å². The largest absolute Gasteiger partial charge is 0.490 e. The van der Waals surface area contributed by atoms with Gasteiger partial charge in [-0.15, -0.1) is 0 Å². The van der Waals surface area contributed by atoms with E-state index in [-0.39, 0.29) is 0 Å². The monoisotopic (exact) mass is 562 g/mol. The molecule has 0 amide bonds. The minimum Gasteiger partial charge on any atom is -0.407 e. The Balaban J connectivity index is 1.80. The van der Waals surface area contributed by atoms with Crippen LogP contribution in [-0.2, 0) is 11.8 Å². The van der Waals surface area contributed by atoms with E-state index in [0.29, 0.717) is 22.3 Å². The van der Waals surface area contributed by atoms with Crippen LogP contribution in [0.4, 0.5) is 0 Å². The maximum absolute atomic E-state index is 6.10. The summed E-state index contributed by atoms with van der Waals surface area (Å²) in [5, 5.41) is 0.611. The van der Waals surface area contributed by atoms with Crippen LogP contribution in [0.3, 0.4) is 0 Å². The highest BCUT2D eigenvalue weighted by Gasteiger charge is 2.31. The molecule has 0 bridgehead atoms. The van der Waals surface area contributed by atoms with Gasteiger partial charge in [-0.05, 0) is 60.7 Å². The smallest absolute Gasteiger partial charge is 0.407 e. The zero-order valence-corrected chi connectivity index (χ0v) is 19.9. The van der Waals surface area contributed by atoms with Crippen molar-refractivity contribution < 1.29 is 13.6 Å². The lowest BCUT2D eigenvalue weighted by Crippen LogP contribution is -2.09. The van der Waals surface area contributed by atoms with E-state index >= 15 is 0 Å². The van der Waals surface area contributed by atoms with E-state index in [4.69, 9.17) is 37.0 Å². The summed E-state index contributed by atoms with van der Waals surface area (Å²) >= 11 is 20.2. The fourth-order valence-electron chi connectivity index (χ4n) is 2.31. The first kappa shape index (κ1) is 19.6. The van der Waals surface area contributed by atoms with Crippen LogP contribution >= 0.6 is 61.9 Å². The zero-order chi connectivity index (χ0) is 19.0. The van der Waals surface area contributed by atoms with Crippen molar-refractivity contribution in [2.24, 2.45) is 0 Å². The van der Waals surface area contributed by atoms with Gasteiger partial charge in [-0.25, -0.2) is 0 Å². The van der Waals surface area contributed by atoms with E-state index in [1.165, 1.54) is 0 Å². The van der Waals surface area contributed by atoms with E-state index in [0.717, 1.165) is 18.7 Å². The van der Waals surface area contributed by atoms with Crippen molar-refractivity contribution in [3.8, 4) is 17.2 Å². The molecule has 0 unspecified atom stereocenters. The quantitative estimate of drug-likeness (QED) is 0.293. The molecule has 0 N–H and O–H groups in total. The van der Waals surface area contributed by atoms with E-state index in [2.05, 4.69) is 31.9 Å². The van der Waals surface area contributed by atoms with E-state index in [1.807, 2.05) is 36.4 Å². The van der Waals surface area contributed by atoms with Crippen LogP contribution in [0, 0.1) is 0 Å². The third-order valence-electron chi connectivity index (χ3n) is 3.48. The summed E-state index contributed by atoms with van der Waals surface area (Å²) < 4.78 is 20.1. The summed E-state index contributed by atoms with van der Waals surface area (Å²) in [5.74, 6) is 1.77. The van der Waals surface area contributed by atoms with Gasteiger partial charge >= 0.3 is 6.72 Å². The van der Waals surface area contributed by atoms with Gasteiger partial charge in [0.2, 0.25) is 0 Å². The summed E-state index contributed by atoms with van der Waals surface area (Å²) in [5.41, 5.74) is 0. The summed E-state index contributed by atoms with van der Waals surface area (Å²) in [6.07, 6.45) is 0. The molecule has 0 saturated carbocycles. The molecule has 27 heavy (non-hydrogen) atoms. The number of rotatable bonds is 2. The van der Waals surface area contributed by atoms with Crippen molar-refractivity contribution in [2.75, 3.05) is 0 Å². The van der Waals surface area contributed by atoms with Crippen molar-refractivity contribution in [1.29, 1.82) is 0 Å². The molecule has 3 aromatic carbocycles. The Bertz CT molecular complexity index is 1010. The number of halogens is 3. The highest BCUT2D eigenvalue weighted by Crippen LogP contribution is 2.57. The van der Waals surface area contributed by atoms with Crippen molar-refractivity contribution >= 4 is 73.7 Å². The standard InChI is InChI=1S/C18H10Br2ClO3PS2/c19-11-1-7-15-17(9-11)27-18-10-12(20)2-8-16(18)24-25(26,23-15)22-14-5-3-13(21)4-6-14/h1-10H. The Morgan fingerprint density at radius 3 is 1.89 bits per heavy atom. The lowest BCUT2D eigenvalue weighted by atomic mass is 10.3. The first-order valence-corrected chi connectivity index (χ1v) is 13.0. The maximum atomic E-state index is 6.10. The second-order valence-corrected chi connectivity index (χ2v) is 11.6. The van der Waals surface area contributed by atoms with Crippen molar-refractivity contribution in [3.05, 3.63) is 74.6 Å². The molecule has 1 aliphatic rings. The highest BCUT2D eigenvalue weighted by atomic mass is 79.9. The van der Waals surface area contributed by atoms with E-state index in [9.17, 15) is 0 Å². The van der Waals surface area contributed by atoms with Gasteiger partial charge in [-0.3, -0.25) is 0 Å². The fourth-order valence-corrected chi connectivity index (χ4v) is 6.65. The highest BCUT2D eigenvalue weighted by molar-refractivity contribution is 9.10. The van der Waals surface area contributed by atoms with Crippen LogP contribution in [0.25, 0.3) is 0 Å². The molecule has 138 valence electrons. The molecule has 1 heterocycles. The summed E-state index contributed by atoms with van der Waals surface area (Å²) in [6.45, 7) is -3.17. The SMILES string of the molecule is S=P1(Oc2ccc(Cl)cc2)Oc2ccc(Br)cc2Sc2cc(Br)ccc2O1. The average molecular weight is 565 g/mol. The molecule has 9 heteroatoms. The van der Waals surface area contributed by atoms with Gasteiger partial charge in [-0.1, -0.05) is 55.2 Å². The number of hydrogen-bond acceptors (Lipinski definition) is 5. The first-order chi connectivity index (χ1) is 12.9. The molecule has 0 fully saturated rings. The molecule has 0 aromatic heterocycles. The second-order valence-electron chi connectivity index (χ2n) is 5.46. The van der Waals surface area contributed by atoms with Gasteiger partial charge in [0.15, 0.2) is 0 Å². The average Bonchev–Trinajstić information content (AvgIpc) is 2.61. The Hall–Kier alpha value is -0.690. The van der Waals surface area contributed by atoms with Crippen LogP contribution in [-0.4, -0.2) is 0 Å². The third-order valence-corrected chi connectivity index (χ3v) is 7.74. The second kappa shape index (κ2) is 7.97.